The molecule has 0 saturated heterocycles. The molecule has 0 bridgehead atoms. The van der Waals surface area contributed by atoms with E-state index < -0.39 is 0 Å². The molecule has 0 unspecified atom stereocenters. The topological polar surface area (TPSA) is 3.24 Å². The Labute approximate surface area is 333 Å². The summed E-state index contributed by atoms with van der Waals surface area (Å²) >= 11 is 0. The maximum Gasteiger partial charge on any atom is 0.0540 e. The lowest BCUT2D eigenvalue weighted by molar-refractivity contribution is 0.592. The lowest BCUT2D eigenvalue weighted by Crippen LogP contribution is -2.17. The van der Waals surface area contributed by atoms with Crippen molar-refractivity contribution in [1.29, 1.82) is 0 Å². The molecule has 7 aromatic carbocycles. The Hall–Kier alpha value is -5.66. The van der Waals surface area contributed by atoms with E-state index in [0.717, 1.165) is 0 Å². The summed E-state index contributed by atoms with van der Waals surface area (Å²) in [6.07, 6.45) is 8.05. The summed E-state index contributed by atoms with van der Waals surface area (Å²) in [7, 11) is 0. The second-order valence-corrected chi connectivity index (χ2v) is 17.5. The second kappa shape index (κ2) is 13.5. The van der Waals surface area contributed by atoms with Crippen molar-refractivity contribution in [3.63, 3.8) is 0 Å². The lowest BCUT2D eigenvalue weighted by atomic mass is 9.81. The van der Waals surface area contributed by atoms with Crippen molar-refractivity contribution in [2.24, 2.45) is 0 Å². The van der Waals surface area contributed by atoms with Gasteiger partial charge in [-0.3, -0.25) is 0 Å². The molecular formula is C55H51N. The van der Waals surface area contributed by atoms with E-state index >= 15 is 0 Å². The van der Waals surface area contributed by atoms with Gasteiger partial charge in [0.25, 0.3) is 0 Å². The highest BCUT2D eigenvalue weighted by atomic mass is 15.1. The molecule has 1 saturated carbocycles. The van der Waals surface area contributed by atoms with Crippen LogP contribution in [0.15, 0.2) is 158 Å². The van der Waals surface area contributed by atoms with E-state index in [-0.39, 0.29) is 10.8 Å². The molecule has 0 aromatic heterocycles. The Balaban J connectivity index is 1.09. The first-order valence-corrected chi connectivity index (χ1v) is 20.9. The molecule has 0 heterocycles. The SMILES string of the molecule is CC1(C)c2ccc(-c3cccc4c3-c3ccccc3C4(C)C)cc2-c2ccc(N(c3ccc(C4CCCCCC4)cc3)c3ccccc3-c3ccccc3)cc21. The monoisotopic (exact) mass is 725 g/mol. The maximum atomic E-state index is 2.50. The summed E-state index contributed by atoms with van der Waals surface area (Å²) in [5.74, 6) is 0.666. The fraction of sp³-hybridized carbons (Fsp3) is 0.236. The number of rotatable bonds is 6. The minimum atomic E-state index is -0.152. The van der Waals surface area contributed by atoms with Crippen LogP contribution in [-0.2, 0) is 10.8 Å². The standard InChI is InChI=1S/C55H51N/c1-54(2)48-24-14-12-22-46(48)53-44(23-16-25-50(53)54)40-29-34-49-47(35-40)45-33-32-42(36-51(45)55(49,3)4)56(52-26-15-13-21-43(52)39-19-10-7-11-20-39)41-30-27-38(28-31-41)37-17-8-5-6-9-18-37/h7,10-16,19-37H,5-6,8-9,17-18H2,1-4H3. The zero-order valence-electron chi connectivity index (χ0n) is 33.3. The summed E-state index contributed by atoms with van der Waals surface area (Å²) in [4.78, 5) is 2.50. The molecular weight excluding hydrogens is 675 g/mol. The van der Waals surface area contributed by atoms with E-state index in [1.807, 2.05) is 0 Å². The molecule has 3 aliphatic carbocycles. The summed E-state index contributed by atoms with van der Waals surface area (Å²) in [5, 5.41) is 0. The zero-order chi connectivity index (χ0) is 38.0. The maximum absolute atomic E-state index is 2.50. The lowest BCUT2D eigenvalue weighted by Gasteiger charge is -2.30. The first kappa shape index (κ1) is 34.8. The van der Waals surface area contributed by atoms with Crippen molar-refractivity contribution in [3.8, 4) is 44.5 Å². The molecule has 3 aliphatic rings. The number of para-hydroxylation sites is 1. The third kappa shape index (κ3) is 5.58. The normalized spacial score (nSPS) is 16.4. The molecule has 1 nitrogen and oxygen atoms in total. The Bertz CT molecular complexity index is 2580. The van der Waals surface area contributed by atoms with Crippen LogP contribution in [0.4, 0.5) is 17.1 Å². The average molecular weight is 726 g/mol. The molecule has 0 N–H and O–H groups in total. The van der Waals surface area contributed by atoms with Crippen LogP contribution in [0.3, 0.4) is 0 Å². The van der Waals surface area contributed by atoms with E-state index in [1.165, 1.54) is 128 Å². The molecule has 1 heteroatoms. The van der Waals surface area contributed by atoms with Gasteiger partial charge >= 0.3 is 0 Å². The van der Waals surface area contributed by atoms with E-state index in [1.54, 1.807) is 0 Å². The van der Waals surface area contributed by atoms with Crippen LogP contribution in [0.1, 0.15) is 100.0 Å². The molecule has 7 aromatic rings. The highest BCUT2D eigenvalue weighted by Gasteiger charge is 2.39. The number of hydrogen-bond donors (Lipinski definition) is 0. The number of benzene rings is 7. The molecule has 0 aliphatic heterocycles. The minimum absolute atomic E-state index is 0.0236. The van der Waals surface area contributed by atoms with Crippen molar-refractivity contribution >= 4 is 17.1 Å². The number of anilines is 3. The van der Waals surface area contributed by atoms with Crippen molar-refractivity contribution in [1.82, 2.24) is 0 Å². The predicted molar refractivity (Wildman–Crippen MR) is 238 cm³/mol. The van der Waals surface area contributed by atoms with Crippen LogP contribution in [-0.4, -0.2) is 0 Å². The van der Waals surface area contributed by atoms with Crippen LogP contribution in [0.2, 0.25) is 0 Å². The molecule has 0 amide bonds. The largest absolute Gasteiger partial charge is 0.310 e. The fourth-order valence-electron chi connectivity index (χ4n) is 10.5. The zero-order valence-corrected chi connectivity index (χ0v) is 33.3. The summed E-state index contributed by atoms with van der Waals surface area (Å²) in [5.41, 5.74) is 21.0. The van der Waals surface area contributed by atoms with E-state index in [9.17, 15) is 0 Å². The number of nitrogens with zero attached hydrogens (tertiary/aromatic N) is 1. The Kier molecular flexibility index (Phi) is 8.40. The first-order valence-electron chi connectivity index (χ1n) is 20.9. The van der Waals surface area contributed by atoms with Gasteiger partial charge in [0.1, 0.15) is 0 Å². The fourth-order valence-corrected chi connectivity index (χ4v) is 10.5. The molecule has 56 heavy (non-hydrogen) atoms. The summed E-state index contributed by atoms with van der Waals surface area (Å²) < 4.78 is 0. The van der Waals surface area contributed by atoms with Gasteiger partial charge in [0.2, 0.25) is 0 Å². The van der Waals surface area contributed by atoms with Gasteiger partial charge in [0.05, 0.1) is 5.69 Å². The van der Waals surface area contributed by atoms with Crippen LogP contribution >= 0.6 is 0 Å². The van der Waals surface area contributed by atoms with Crippen molar-refractivity contribution in [2.45, 2.75) is 83.0 Å². The number of hydrogen-bond acceptors (Lipinski definition) is 1. The highest BCUT2D eigenvalue weighted by molar-refractivity contribution is 5.95. The van der Waals surface area contributed by atoms with Crippen LogP contribution < -0.4 is 4.90 Å². The highest BCUT2D eigenvalue weighted by Crippen LogP contribution is 2.55. The average Bonchev–Trinajstić information content (AvgIpc) is 3.42. The van der Waals surface area contributed by atoms with Gasteiger partial charge in [-0.1, -0.05) is 175 Å². The first-order chi connectivity index (χ1) is 27.3. The summed E-state index contributed by atoms with van der Waals surface area (Å²) in [6.45, 7) is 9.55. The molecule has 10 rings (SSSR count). The predicted octanol–water partition coefficient (Wildman–Crippen LogP) is 15.5. The third-order valence-electron chi connectivity index (χ3n) is 13.5. The van der Waals surface area contributed by atoms with Gasteiger partial charge < -0.3 is 4.90 Å². The Morgan fingerprint density at radius 3 is 1.82 bits per heavy atom. The van der Waals surface area contributed by atoms with Gasteiger partial charge in [0, 0.05) is 27.8 Å². The second-order valence-electron chi connectivity index (χ2n) is 17.5. The van der Waals surface area contributed by atoms with Crippen LogP contribution in [0.5, 0.6) is 0 Å². The van der Waals surface area contributed by atoms with E-state index in [4.69, 9.17) is 0 Å². The molecule has 276 valence electrons. The van der Waals surface area contributed by atoms with Crippen molar-refractivity contribution < 1.29 is 0 Å². The van der Waals surface area contributed by atoms with Gasteiger partial charge in [-0.05, 0) is 122 Å². The molecule has 0 spiro atoms. The van der Waals surface area contributed by atoms with Gasteiger partial charge in [-0.15, -0.1) is 0 Å². The van der Waals surface area contributed by atoms with Gasteiger partial charge in [0.15, 0.2) is 0 Å². The Morgan fingerprint density at radius 1 is 0.411 bits per heavy atom. The van der Waals surface area contributed by atoms with E-state index in [0.29, 0.717) is 5.92 Å². The molecule has 0 atom stereocenters. The summed E-state index contributed by atoms with van der Waals surface area (Å²) in [6, 6.07) is 59.7. The van der Waals surface area contributed by atoms with Crippen molar-refractivity contribution in [3.05, 3.63) is 186 Å². The molecule has 1 fully saturated rings. The number of fused-ring (bicyclic) bond motifs is 6. The third-order valence-corrected chi connectivity index (χ3v) is 13.5. The van der Waals surface area contributed by atoms with Gasteiger partial charge in [-0.2, -0.15) is 0 Å². The Morgan fingerprint density at radius 2 is 1.04 bits per heavy atom. The van der Waals surface area contributed by atoms with Crippen LogP contribution in [0.25, 0.3) is 44.5 Å². The van der Waals surface area contributed by atoms with Crippen molar-refractivity contribution in [2.75, 3.05) is 4.90 Å². The van der Waals surface area contributed by atoms with Gasteiger partial charge in [-0.25, -0.2) is 0 Å². The smallest absolute Gasteiger partial charge is 0.0540 e. The van der Waals surface area contributed by atoms with E-state index in [2.05, 4.69) is 190 Å². The quantitative estimate of drug-likeness (QED) is 0.154. The minimum Gasteiger partial charge on any atom is -0.310 e. The van der Waals surface area contributed by atoms with Crippen LogP contribution in [0, 0.1) is 0 Å². The molecule has 0 radical (unpaired) electrons.